The summed E-state index contributed by atoms with van der Waals surface area (Å²) < 4.78 is 5.88. The number of halogens is 1. The van der Waals surface area contributed by atoms with Crippen LogP contribution in [0.25, 0.3) is 6.08 Å². The normalized spacial score (nSPS) is 16.5. The number of pyridine rings is 1. The van der Waals surface area contributed by atoms with E-state index in [1.165, 1.54) is 16.7 Å². The summed E-state index contributed by atoms with van der Waals surface area (Å²) in [7, 11) is 1.71. The number of likely N-dealkylation sites (N-methyl/N-ethyl adjacent to an activating group) is 1. The molecule has 0 radical (unpaired) electrons. The third-order valence-corrected chi connectivity index (χ3v) is 5.65. The van der Waals surface area contributed by atoms with Gasteiger partial charge >= 0.3 is 0 Å². The summed E-state index contributed by atoms with van der Waals surface area (Å²) in [6.07, 6.45) is 3.52. The molecule has 5 nitrogen and oxygen atoms in total. The van der Waals surface area contributed by atoms with Crippen LogP contribution in [0.2, 0.25) is 5.02 Å². The van der Waals surface area contributed by atoms with Crippen LogP contribution in [0.1, 0.15) is 11.1 Å². The second-order valence-corrected chi connectivity index (χ2v) is 7.99. The average Bonchev–Trinajstić information content (AvgIpc) is 3.02. The highest BCUT2D eigenvalue weighted by molar-refractivity contribution is 8.18. The molecule has 4 rings (SSSR count). The molecular formula is C23H18ClN3O2S. The van der Waals surface area contributed by atoms with E-state index >= 15 is 0 Å². The summed E-state index contributed by atoms with van der Waals surface area (Å²) in [5.41, 5.74) is 1.91. The maximum absolute atomic E-state index is 12.6. The Kier molecular flexibility index (Phi) is 6.16. The van der Waals surface area contributed by atoms with Gasteiger partial charge in [-0.25, -0.2) is 9.98 Å². The number of amidine groups is 1. The molecule has 2 aromatic carbocycles. The molecule has 7 heteroatoms. The van der Waals surface area contributed by atoms with E-state index in [2.05, 4.69) is 9.98 Å². The van der Waals surface area contributed by atoms with Crippen molar-refractivity contribution >= 4 is 46.3 Å². The van der Waals surface area contributed by atoms with Crippen LogP contribution in [-0.4, -0.2) is 28.0 Å². The number of aromatic nitrogens is 1. The highest BCUT2D eigenvalue weighted by Gasteiger charge is 2.30. The second-order valence-electron chi connectivity index (χ2n) is 6.54. The number of benzene rings is 2. The zero-order valence-electron chi connectivity index (χ0n) is 16.2. The van der Waals surface area contributed by atoms with Crippen LogP contribution in [0.3, 0.4) is 0 Å². The van der Waals surface area contributed by atoms with Crippen LogP contribution in [-0.2, 0) is 11.4 Å². The van der Waals surface area contributed by atoms with E-state index in [1.807, 2.05) is 66.7 Å². The van der Waals surface area contributed by atoms with Gasteiger partial charge in [0.15, 0.2) is 11.0 Å². The lowest BCUT2D eigenvalue weighted by Gasteiger charge is -2.07. The minimum atomic E-state index is -0.0952. The van der Waals surface area contributed by atoms with Crippen molar-refractivity contribution in [2.24, 2.45) is 4.99 Å². The molecule has 150 valence electrons. The van der Waals surface area contributed by atoms with Gasteiger partial charge in [0.05, 0.1) is 4.91 Å². The van der Waals surface area contributed by atoms with Crippen molar-refractivity contribution in [3.8, 4) is 5.75 Å². The zero-order chi connectivity index (χ0) is 20.9. The number of thioether (sulfide) groups is 1. The Balaban J connectivity index is 1.49. The van der Waals surface area contributed by atoms with Crippen LogP contribution in [0.4, 0.5) is 5.82 Å². The van der Waals surface area contributed by atoms with Crippen LogP contribution in [0.5, 0.6) is 5.75 Å². The summed E-state index contributed by atoms with van der Waals surface area (Å²) in [6.45, 7) is 0.439. The molecule has 0 bridgehead atoms. The molecule has 0 aliphatic carbocycles. The van der Waals surface area contributed by atoms with Crippen LogP contribution in [0, 0.1) is 0 Å². The fourth-order valence-corrected chi connectivity index (χ4v) is 3.86. The lowest BCUT2D eigenvalue weighted by Crippen LogP contribution is -2.23. The van der Waals surface area contributed by atoms with Crippen molar-refractivity contribution in [3.63, 3.8) is 0 Å². The van der Waals surface area contributed by atoms with E-state index in [0.717, 1.165) is 16.9 Å². The summed E-state index contributed by atoms with van der Waals surface area (Å²) in [5, 5.41) is 1.29. The minimum absolute atomic E-state index is 0.0952. The Bertz CT molecular complexity index is 1110. The molecule has 2 heterocycles. The Labute approximate surface area is 184 Å². The number of hydrogen-bond acceptors (Lipinski definition) is 5. The quantitative estimate of drug-likeness (QED) is 0.493. The molecular weight excluding hydrogens is 418 g/mol. The van der Waals surface area contributed by atoms with Gasteiger partial charge in [-0.3, -0.25) is 9.69 Å². The SMILES string of the molecule is CN1C(=O)/C(=C/c2cccc(OCc3ccc(Cl)cc3)c2)S/C1=N/c1ccccn1. The summed E-state index contributed by atoms with van der Waals surface area (Å²) >= 11 is 7.24. The van der Waals surface area contributed by atoms with Gasteiger partial charge in [-0.1, -0.05) is 41.9 Å². The van der Waals surface area contributed by atoms with Gasteiger partial charge in [0.1, 0.15) is 12.4 Å². The van der Waals surface area contributed by atoms with Crippen molar-refractivity contribution in [2.45, 2.75) is 6.61 Å². The van der Waals surface area contributed by atoms with E-state index in [1.54, 1.807) is 19.3 Å². The number of carbonyl (C=O) groups excluding carboxylic acids is 1. The lowest BCUT2D eigenvalue weighted by atomic mass is 10.2. The predicted molar refractivity (Wildman–Crippen MR) is 122 cm³/mol. The first-order valence-corrected chi connectivity index (χ1v) is 10.4. The van der Waals surface area contributed by atoms with Crippen molar-refractivity contribution in [3.05, 3.63) is 94.0 Å². The molecule has 1 fully saturated rings. The number of carbonyl (C=O) groups is 1. The molecule has 0 spiro atoms. The van der Waals surface area contributed by atoms with Gasteiger partial charge in [0.25, 0.3) is 5.91 Å². The van der Waals surface area contributed by atoms with Crippen LogP contribution in [0.15, 0.2) is 82.8 Å². The molecule has 3 aromatic rings. The van der Waals surface area contributed by atoms with Gasteiger partial charge in [-0.2, -0.15) is 0 Å². The highest BCUT2D eigenvalue weighted by atomic mass is 35.5. The monoisotopic (exact) mass is 435 g/mol. The first kappa shape index (κ1) is 20.2. The number of nitrogens with zero attached hydrogens (tertiary/aromatic N) is 3. The van der Waals surface area contributed by atoms with E-state index in [-0.39, 0.29) is 5.91 Å². The number of hydrogen-bond donors (Lipinski definition) is 0. The molecule has 0 N–H and O–H groups in total. The molecule has 1 amide bonds. The molecule has 1 aliphatic rings. The predicted octanol–water partition coefficient (Wildman–Crippen LogP) is 5.55. The Morgan fingerprint density at radius 3 is 2.73 bits per heavy atom. The molecule has 1 saturated heterocycles. The Morgan fingerprint density at radius 1 is 1.13 bits per heavy atom. The fourth-order valence-electron chi connectivity index (χ4n) is 2.76. The third-order valence-electron chi connectivity index (χ3n) is 4.34. The van der Waals surface area contributed by atoms with Gasteiger partial charge < -0.3 is 4.74 Å². The van der Waals surface area contributed by atoms with Gasteiger partial charge in [-0.15, -0.1) is 0 Å². The highest BCUT2D eigenvalue weighted by Crippen LogP contribution is 2.33. The van der Waals surface area contributed by atoms with Gasteiger partial charge in [0, 0.05) is 18.3 Å². The number of ether oxygens (including phenoxy) is 1. The lowest BCUT2D eigenvalue weighted by molar-refractivity contribution is -0.121. The number of aliphatic imine (C=N–C) groups is 1. The number of amides is 1. The van der Waals surface area contributed by atoms with Crippen molar-refractivity contribution in [2.75, 3.05) is 7.05 Å². The Hall–Kier alpha value is -3.09. The van der Waals surface area contributed by atoms with Crippen molar-refractivity contribution in [1.82, 2.24) is 9.88 Å². The van der Waals surface area contributed by atoms with E-state index in [4.69, 9.17) is 16.3 Å². The summed E-state index contributed by atoms with van der Waals surface area (Å²) in [4.78, 5) is 23.4. The first-order chi connectivity index (χ1) is 14.6. The molecule has 0 saturated carbocycles. The minimum Gasteiger partial charge on any atom is -0.489 e. The van der Waals surface area contributed by atoms with Gasteiger partial charge in [-0.05, 0) is 65.4 Å². The molecule has 0 atom stereocenters. The third kappa shape index (κ3) is 4.90. The average molecular weight is 436 g/mol. The fraction of sp³-hybridized carbons (Fsp3) is 0.0870. The van der Waals surface area contributed by atoms with E-state index in [0.29, 0.717) is 27.5 Å². The van der Waals surface area contributed by atoms with Gasteiger partial charge in [0.2, 0.25) is 0 Å². The standard InChI is InChI=1S/C23H18ClN3O2S/c1-27-22(28)20(30-23(27)26-21-7-2-3-12-25-21)14-17-5-4-6-19(13-17)29-15-16-8-10-18(24)11-9-16/h2-14H,15H2,1H3/b20-14-,26-23+. The summed E-state index contributed by atoms with van der Waals surface area (Å²) in [5.74, 6) is 1.20. The maximum atomic E-state index is 12.6. The van der Waals surface area contributed by atoms with Crippen molar-refractivity contribution in [1.29, 1.82) is 0 Å². The first-order valence-electron chi connectivity index (χ1n) is 9.23. The zero-order valence-corrected chi connectivity index (χ0v) is 17.7. The topological polar surface area (TPSA) is 54.8 Å². The van der Waals surface area contributed by atoms with Crippen molar-refractivity contribution < 1.29 is 9.53 Å². The largest absolute Gasteiger partial charge is 0.489 e. The Morgan fingerprint density at radius 2 is 1.97 bits per heavy atom. The van der Waals surface area contributed by atoms with Crippen LogP contribution >= 0.6 is 23.4 Å². The van der Waals surface area contributed by atoms with E-state index in [9.17, 15) is 4.79 Å². The number of rotatable bonds is 5. The van der Waals surface area contributed by atoms with E-state index < -0.39 is 0 Å². The molecule has 30 heavy (non-hydrogen) atoms. The second kappa shape index (κ2) is 9.15. The summed E-state index contributed by atoms with van der Waals surface area (Å²) in [6, 6.07) is 20.7. The molecule has 1 aliphatic heterocycles. The van der Waals surface area contributed by atoms with Crippen LogP contribution < -0.4 is 4.74 Å². The smallest absolute Gasteiger partial charge is 0.266 e. The molecule has 1 aromatic heterocycles. The maximum Gasteiger partial charge on any atom is 0.266 e. The molecule has 0 unspecified atom stereocenters.